The first kappa shape index (κ1) is 14.5. The Morgan fingerprint density at radius 2 is 1.83 bits per heavy atom. The maximum atomic E-state index is 13.1. The summed E-state index contributed by atoms with van der Waals surface area (Å²) in [5.41, 5.74) is 5.14. The van der Waals surface area contributed by atoms with Gasteiger partial charge in [-0.1, -0.05) is 6.92 Å². The lowest BCUT2D eigenvalue weighted by Gasteiger charge is -2.20. The van der Waals surface area contributed by atoms with Crippen LogP contribution in [0.1, 0.15) is 31.9 Å². The average Bonchev–Trinajstić information content (AvgIpc) is 2.31. The van der Waals surface area contributed by atoms with Gasteiger partial charge in [0.15, 0.2) is 17.5 Å². The molecular formula is C12H15F3N2O. The summed E-state index contributed by atoms with van der Waals surface area (Å²) in [6.45, 7) is 3.67. The topological polar surface area (TPSA) is 55.1 Å². The molecule has 0 saturated carbocycles. The number of primary amides is 1. The number of rotatable bonds is 5. The Morgan fingerprint density at radius 1 is 1.33 bits per heavy atom. The number of carbonyl (C=O) groups is 1. The molecule has 1 aromatic rings. The molecule has 1 aromatic carbocycles. The molecule has 0 bridgehead atoms. The predicted molar refractivity (Wildman–Crippen MR) is 61.1 cm³/mol. The molecule has 0 heterocycles. The number of amides is 1. The van der Waals surface area contributed by atoms with Crippen molar-refractivity contribution in [2.24, 2.45) is 5.73 Å². The van der Waals surface area contributed by atoms with Crippen LogP contribution in [-0.4, -0.2) is 11.9 Å². The molecule has 0 aliphatic carbocycles. The van der Waals surface area contributed by atoms with Crippen LogP contribution in [0.25, 0.3) is 0 Å². The fourth-order valence-corrected chi connectivity index (χ4v) is 1.49. The first-order valence-electron chi connectivity index (χ1n) is 5.56. The third kappa shape index (κ3) is 3.22. The number of carbonyl (C=O) groups excluding carboxylic acids is 1. The van der Waals surface area contributed by atoms with E-state index in [0.717, 1.165) is 12.1 Å². The molecule has 1 amide bonds. The minimum Gasteiger partial charge on any atom is -0.368 e. The van der Waals surface area contributed by atoms with Gasteiger partial charge >= 0.3 is 0 Å². The molecule has 2 unspecified atom stereocenters. The van der Waals surface area contributed by atoms with Gasteiger partial charge in [0, 0.05) is 6.04 Å². The van der Waals surface area contributed by atoms with Crippen molar-refractivity contribution in [2.75, 3.05) is 0 Å². The maximum Gasteiger partial charge on any atom is 0.239 e. The van der Waals surface area contributed by atoms with E-state index < -0.39 is 29.4 Å². The summed E-state index contributed by atoms with van der Waals surface area (Å²) in [5.74, 6) is -5.03. The van der Waals surface area contributed by atoms with Gasteiger partial charge < -0.3 is 5.73 Å². The summed E-state index contributed by atoms with van der Waals surface area (Å²) in [6, 6.07) is 0.412. The van der Waals surface area contributed by atoms with Crippen LogP contribution in [0.15, 0.2) is 12.1 Å². The summed E-state index contributed by atoms with van der Waals surface area (Å²) >= 11 is 0. The summed E-state index contributed by atoms with van der Waals surface area (Å²) < 4.78 is 39.0. The normalized spacial score (nSPS) is 14.3. The van der Waals surface area contributed by atoms with Gasteiger partial charge in [0.2, 0.25) is 5.91 Å². The SMILES string of the molecule is CCC(C)NC(C(N)=O)c1cc(F)c(F)c(F)c1. The number of halogens is 3. The molecule has 0 aromatic heterocycles. The van der Waals surface area contributed by atoms with E-state index in [0.29, 0.717) is 6.42 Å². The van der Waals surface area contributed by atoms with Crippen LogP contribution in [-0.2, 0) is 4.79 Å². The van der Waals surface area contributed by atoms with Crippen LogP contribution < -0.4 is 11.1 Å². The molecular weight excluding hydrogens is 245 g/mol. The lowest BCUT2D eigenvalue weighted by atomic mass is 10.0. The number of hydrogen-bond acceptors (Lipinski definition) is 2. The Kier molecular flexibility index (Phi) is 4.72. The third-order valence-electron chi connectivity index (χ3n) is 2.69. The Labute approximate surface area is 103 Å². The van der Waals surface area contributed by atoms with E-state index in [9.17, 15) is 18.0 Å². The zero-order valence-corrected chi connectivity index (χ0v) is 10.1. The molecule has 3 N–H and O–H groups in total. The van der Waals surface area contributed by atoms with Crippen LogP contribution in [0.4, 0.5) is 13.2 Å². The van der Waals surface area contributed by atoms with E-state index in [1.807, 2.05) is 6.92 Å². The monoisotopic (exact) mass is 260 g/mol. The molecule has 0 spiro atoms. The zero-order chi connectivity index (χ0) is 13.9. The van der Waals surface area contributed by atoms with Crippen molar-refractivity contribution in [3.05, 3.63) is 35.1 Å². The second-order valence-corrected chi connectivity index (χ2v) is 4.11. The van der Waals surface area contributed by atoms with Crippen molar-refractivity contribution in [1.29, 1.82) is 0 Å². The van der Waals surface area contributed by atoms with Gasteiger partial charge in [-0.15, -0.1) is 0 Å². The highest BCUT2D eigenvalue weighted by Crippen LogP contribution is 2.20. The Balaban J connectivity index is 3.10. The molecule has 2 atom stereocenters. The van der Waals surface area contributed by atoms with E-state index in [1.165, 1.54) is 0 Å². The highest BCUT2D eigenvalue weighted by Gasteiger charge is 2.22. The van der Waals surface area contributed by atoms with Crippen molar-refractivity contribution >= 4 is 5.91 Å². The minimum absolute atomic E-state index is 0.0285. The number of benzene rings is 1. The fourth-order valence-electron chi connectivity index (χ4n) is 1.49. The molecule has 1 rings (SSSR count). The van der Waals surface area contributed by atoms with Gasteiger partial charge in [-0.05, 0) is 31.0 Å². The van der Waals surface area contributed by atoms with Crippen molar-refractivity contribution in [3.63, 3.8) is 0 Å². The smallest absolute Gasteiger partial charge is 0.239 e. The second kappa shape index (κ2) is 5.86. The first-order chi connectivity index (χ1) is 8.36. The summed E-state index contributed by atoms with van der Waals surface area (Å²) in [7, 11) is 0. The van der Waals surface area contributed by atoms with Crippen LogP contribution in [0, 0.1) is 17.5 Å². The molecule has 6 heteroatoms. The molecule has 0 saturated heterocycles. The van der Waals surface area contributed by atoms with Crippen molar-refractivity contribution < 1.29 is 18.0 Å². The van der Waals surface area contributed by atoms with Gasteiger partial charge in [-0.25, -0.2) is 13.2 Å². The molecule has 0 aliphatic rings. The average molecular weight is 260 g/mol. The van der Waals surface area contributed by atoms with Gasteiger partial charge in [-0.3, -0.25) is 10.1 Å². The first-order valence-corrected chi connectivity index (χ1v) is 5.56. The number of nitrogens with one attached hydrogen (secondary N) is 1. The van der Waals surface area contributed by atoms with Crippen LogP contribution in [0.5, 0.6) is 0 Å². The number of nitrogens with two attached hydrogens (primary N) is 1. The highest BCUT2D eigenvalue weighted by molar-refractivity contribution is 5.81. The second-order valence-electron chi connectivity index (χ2n) is 4.11. The van der Waals surface area contributed by atoms with E-state index in [4.69, 9.17) is 5.73 Å². The predicted octanol–water partition coefficient (Wildman–Crippen LogP) is 2.02. The largest absolute Gasteiger partial charge is 0.368 e. The lowest BCUT2D eigenvalue weighted by molar-refractivity contribution is -0.120. The quantitative estimate of drug-likeness (QED) is 0.796. The Bertz CT molecular complexity index is 428. The number of hydrogen-bond donors (Lipinski definition) is 2. The fraction of sp³-hybridized carbons (Fsp3) is 0.417. The standard InChI is InChI=1S/C12H15F3N2O/c1-3-6(2)17-11(12(16)18)7-4-8(13)10(15)9(14)5-7/h4-6,11,17H,3H2,1-2H3,(H2,16,18). The zero-order valence-electron chi connectivity index (χ0n) is 10.1. The van der Waals surface area contributed by atoms with Gasteiger partial charge in [0.05, 0.1) is 0 Å². The molecule has 0 aliphatic heterocycles. The lowest BCUT2D eigenvalue weighted by Crippen LogP contribution is -2.38. The van der Waals surface area contributed by atoms with Crippen LogP contribution in [0.3, 0.4) is 0 Å². The van der Waals surface area contributed by atoms with Crippen LogP contribution in [0.2, 0.25) is 0 Å². The van der Waals surface area contributed by atoms with Gasteiger partial charge in [0.1, 0.15) is 6.04 Å². The molecule has 0 fully saturated rings. The van der Waals surface area contributed by atoms with Crippen LogP contribution >= 0.6 is 0 Å². The van der Waals surface area contributed by atoms with Crippen molar-refractivity contribution in [1.82, 2.24) is 5.32 Å². The van der Waals surface area contributed by atoms with Gasteiger partial charge in [-0.2, -0.15) is 0 Å². The van der Waals surface area contributed by atoms with E-state index in [2.05, 4.69) is 5.32 Å². The molecule has 0 radical (unpaired) electrons. The third-order valence-corrected chi connectivity index (χ3v) is 2.69. The summed E-state index contributed by atoms with van der Waals surface area (Å²) in [4.78, 5) is 11.3. The van der Waals surface area contributed by atoms with E-state index >= 15 is 0 Å². The van der Waals surface area contributed by atoms with Crippen molar-refractivity contribution in [2.45, 2.75) is 32.4 Å². The van der Waals surface area contributed by atoms with Crippen molar-refractivity contribution in [3.8, 4) is 0 Å². The summed E-state index contributed by atoms with van der Waals surface area (Å²) in [5, 5.41) is 2.83. The highest BCUT2D eigenvalue weighted by atomic mass is 19.2. The Hall–Kier alpha value is -1.56. The minimum atomic E-state index is -1.56. The molecule has 3 nitrogen and oxygen atoms in total. The van der Waals surface area contributed by atoms with E-state index in [1.54, 1.807) is 6.92 Å². The molecule has 18 heavy (non-hydrogen) atoms. The summed E-state index contributed by atoms with van der Waals surface area (Å²) in [6.07, 6.45) is 0.704. The van der Waals surface area contributed by atoms with E-state index in [-0.39, 0.29) is 11.6 Å². The Morgan fingerprint density at radius 3 is 2.22 bits per heavy atom. The maximum absolute atomic E-state index is 13.1. The molecule has 100 valence electrons. The van der Waals surface area contributed by atoms with Gasteiger partial charge in [0.25, 0.3) is 0 Å².